The third-order valence-corrected chi connectivity index (χ3v) is 6.43. The highest BCUT2D eigenvalue weighted by molar-refractivity contribution is 5.95. The Morgan fingerprint density at radius 3 is 1.24 bits per heavy atom. The van der Waals surface area contributed by atoms with E-state index in [2.05, 4.69) is 13.8 Å². The standard InChI is InChI=1S/C32H28O6/c1-21(33)22-9-15-28(16-10-22)37-30(34)23-5-7-24(8-6-23)31(35)38-29-19-13-26(14-20-29)32(2,3)25-11-17-27(36-4)18-12-25/h5-20H,1-4H3. The maximum absolute atomic E-state index is 12.7. The summed E-state index contributed by atoms with van der Waals surface area (Å²) in [5.74, 6) is 0.363. The summed E-state index contributed by atoms with van der Waals surface area (Å²) in [6.07, 6.45) is 0. The van der Waals surface area contributed by atoms with Crippen molar-refractivity contribution < 1.29 is 28.6 Å². The summed E-state index contributed by atoms with van der Waals surface area (Å²) in [5, 5.41) is 0. The summed E-state index contributed by atoms with van der Waals surface area (Å²) in [7, 11) is 1.64. The van der Waals surface area contributed by atoms with Gasteiger partial charge in [-0.1, -0.05) is 38.1 Å². The van der Waals surface area contributed by atoms with Gasteiger partial charge in [0.05, 0.1) is 18.2 Å². The molecule has 0 radical (unpaired) electrons. The molecule has 0 spiro atoms. The third kappa shape index (κ3) is 5.98. The number of ketones is 1. The van der Waals surface area contributed by atoms with E-state index in [-0.39, 0.29) is 16.8 Å². The van der Waals surface area contributed by atoms with Crippen LogP contribution in [0.15, 0.2) is 97.1 Å². The van der Waals surface area contributed by atoms with Gasteiger partial charge in [-0.25, -0.2) is 9.59 Å². The topological polar surface area (TPSA) is 78.9 Å². The van der Waals surface area contributed by atoms with E-state index >= 15 is 0 Å². The number of carbonyl (C=O) groups is 3. The second-order valence-electron chi connectivity index (χ2n) is 9.31. The monoisotopic (exact) mass is 508 g/mol. The molecule has 4 aromatic carbocycles. The van der Waals surface area contributed by atoms with Crippen LogP contribution < -0.4 is 14.2 Å². The Labute approximate surface area is 221 Å². The molecular weight excluding hydrogens is 480 g/mol. The number of Topliss-reactive ketones (excluding diaryl/α,β-unsaturated/α-hetero) is 1. The molecule has 0 aliphatic rings. The Morgan fingerprint density at radius 1 is 0.526 bits per heavy atom. The van der Waals surface area contributed by atoms with Gasteiger partial charge in [0.1, 0.15) is 17.2 Å². The molecule has 4 rings (SSSR count). The molecule has 0 aliphatic carbocycles. The third-order valence-electron chi connectivity index (χ3n) is 6.43. The average molecular weight is 509 g/mol. The van der Waals surface area contributed by atoms with E-state index in [4.69, 9.17) is 14.2 Å². The maximum atomic E-state index is 12.7. The predicted octanol–water partition coefficient (Wildman–Crippen LogP) is 6.66. The van der Waals surface area contributed by atoms with Crippen LogP contribution in [0.25, 0.3) is 0 Å². The molecule has 6 nitrogen and oxygen atoms in total. The molecule has 0 saturated carbocycles. The Bertz CT molecular complexity index is 1430. The fraction of sp³-hybridized carbons (Fsp3) is 0.156. The van der Waals surface area contributed by atoms with Gasteiger partial charge in [0.25, 0.3) is 0 Å². The van der Waals surface area contributed by atoms with Crippen LogP contribution in [0.2, 0.25) is 0 Å². The normalized spacial score (nSPS) is 10.9. The van der Waals surface area contributed by atoms with Crippen molar-refractivity contribution in [3.63, 3.8) is 0 Å². The highest BCUT2D eigenvalue weighted by Gasteiger charge is 2.23. The Morgan fingerprint density at radius 2 is 0.868 bits per heavy atom. The van der Waals surface area contributed by atoms with Crippen LogP contribution in [0.3, 0.4) is 0 Å². The summed E-state index contributed by atoms with van der Waals surface area (Å²) >= 11 is 0. The zero-order valence-electron chi connectivity index (χ0n) is 21.7. The molecule has 0 amide bonds. The first-order valence-corrected chi connectivity index (χ1v) is 12.1. The van der Waals surface area contributed by atoms with E-state index in [0.29, 0.717) is 22.6 Å². The minimum absolute atomic E-state index is 0.0707. The molecule has 38 heavy (non-hydrogen) atoms. The highest BCUT2D eigenvalue weighted by Crippen LogP contribution is 2.33. The molecule has 0 N–H and O–H groups in total. The number of benzene rings is 4. The van der Waals surface area contributed by atoms with Crippen molar-refractivity contribution in [3.05, 3.63) is 125 Å². The van der Waals surface area contributed by atoms with Gasteiger partial charge in [0.15, 0.2) is 5.78 Å². The molecule has 0 saturated heterocycles. The molecule has 192 valence electrons. The summed E-state index contributed by atoms with van der Waals surface area (Å²) in [5.41, 5.74) is 3.06. The van der Waals surface area contributed by atoms with Gasteiger partial charge in [0, 0.05) is 11.0 Å². The van der Waals surface area contributed by atoms with Gasteiger partial charge in [0.2, 0.25) is 0 Å². The minimum atomic E-state index is -0.574. The predicted molar refractivity (Wildman–Crippen MR) is 144 cm³/mol. The molecule has 4 aromatic rings. The number of hydrogen-bond acceptors (Lipinski definition) is 6. The number of carbonyl (C=O) groups excluding carboxylic acids is 3. The smallest absolute Gasteiger partial charge is 0.343 e. The van der Waals surface area contributed by atoms with Gasteiger partial charge in [-0.15, -0.1) is 0 Å². The van der Waals surface area contributed by atoms with Crippen molar-refractivity contribution in [1.29, 1.82) is 0 Å². The van der Waals surface area contributed by atoms with Crippen LogP contribution in [0, 0.1) is 0 Å². The Kier molecular flexibility index (Phi) is 7.72. The van der Waals surface area contributed by atoms with Crippen molar-refractivity contribution in [2.75, 3.05) is 7.11 Å². The molecule has 0 aliphatic heterocycles. The lowest BCUT2D eigenvalue weighted by molar-refractivity contribution is 0.0720. The molecule has 0 bridgehead atoms. The van der Waals surface area contributed by atoms with E-state index < -0.39 is 11.9 Å². The zero-order valence-corrected chi connectivity index (χ0v) is 21.7. The quantitative estimate of drug-likeness (QED) is 0.150. The summed E-state index contributed by atoms with van der Waals surface area (Å²) in [4.78, 5) is 36.5. The lowest BCUT2D eigenvalue weighted by Gasteiger charge is -2.26. The number of rotatable bonds is 8. The largest absolute Gasteiger partial charge is 0.497 e. The van der Waals surface area contributed by atoms with Gasteiger partial charge in [-0.2, -0.15) is 0 Å². The Hall–Kier alpha value is -4.71. The number of hydrogen-bond donors (Lipinski definition) is 0. The fourth-order valence-corrected chi connectivity index (χ4v) is 3.95. The summed E-state index contributed by atoms with van der Waals surface area (Å²) in [6.45, 7) is 5.72. The molecule has 6 heteroatoms. The number of ether oxygens (including phenoxy) is 3. The van der Waals surface area contributed by atoms with Gasteiger partial charge in [-0.3, -0.25) is 4.79 Å². The summed E-state index contributed by atoms with van der Waals surface area (Å²) < 4.78 is 16.1. The molecular formula is C32H28O6. The van der Waals surface area contributed by atoms with Crippen LogP contribution in [-0.4, -0.2) is 24.8 Å². The van der Waals surface area contributed by atoms with Crippen LogP contribution in [0.1, 0.15) is 63.0 Å². The van der Waals surface area contributed by atoms with Crippen molar-refractivity contribution in [2.45, 2.75) is 26.2 Å². The number of esters is 2. The van der Waals surface area contributed by atoms with Gasteiger partial charge in [-0.05, 0) is 90.8 Å². The average Bonchev–Trinajstić information content (AvgIpc) is 2.93. The molecule has 0 heterocycles. The first-order chi connectivity index (χ1) is 18.2. The van der Waals surface area contributed by atoms with Gasteiger partial charge >= 0.3 is 11.9 Å². The van der Waals surface area contributed by atoms with Crippen molar-refractivity contribution >= 4 is 17.7 Å². The van der Waals surface area contributed by atoms with Crippen molar-refractivity contribution in [2.24, 2.45) is 0 Å². The van der Waals surface area contributed by atoms with Crippen LogP contribution in [0.4, 0.5) is 0 Å². The van der Waals surface area contributed by atoms with Crippen molar-refractivity contribution in [1.82, 2.24) is 0 Å². The lowest BCUT2D eigenvalue weighted by Crippen LogP contribution is -2.18. The first kappa shape index (κ1) is 26.4. The van der Waals surface area contributed by atoms with E-state index in [1.54, 1.807) is 43.5 Å². The molecule has 0 unspecified atom stereocenters. The fourth-order valence-electron chi connectivity index (χ4n) is 3.95. The minimum Gasteiger partial charge on any atom is -0.497 e. The highest BCUT2D eigenvalue weighted by atomic mass is 16.5. The molecule has 0 atom stereocenters. The van der Waals surface area contributed by atoms with E-state index in [9.17, 15) is 14.4 Å². The van der Waals surface area contributed by atoms with Crippen LogP contribution >= 0.6 is 0 Å². The van der Waals surface area contributed by atoms with E-state index in [0.717, 1.165) is 16.9 Å². The van der Waals surface area contributed by atoms with Crippen LogP contribution in [0.5, 0.6) is 17.2 Å². The lowest BCUT2D eigenvalue weighted by atomic mass is 9.78. The zero-order chi connectivity index (χ0) is 27.3. The van der Waals surface area contributed by atoms with Crippen LogP contribution in [-0.2, 0) is 5.41 Å². The van der Waals surface area contributed by atoms with Gasteiger partial charge < -0.3 is 14.2 Å². The second-order valence-corrected chi connectivity index (χ2v) is 9.31. The van der Waals surface area contributed by atoms with E-state index in [1.807, 2.05) is 36.4 Å². The first-order valence-electron chi connectivity index (χ1n) is 12.1. The Balaban J connectivity index is 1.38. The second kappa shape index (κ2) is 11.1. The maximum Gasteiger partial charge on any atom is 0.343 e. The number of methoxy groups -OCH3 is 1. The van der Waals surface area contributed by atoms with E-state index in [1.165, 1.54) is 31.2 Å². The SMILES string of the molecule is COc1ccc(C(C)(C)c2ccc(OC(=O)c3ccc(C(=O)Oc4ccc(C(C)=O)cc4)cc3)cc2)cc1. The van der Waals surface area contributed by atoms with Crippen molar-refractivity contribution in [3.8, 4) is 17.2 Å². The molecule has 0 aromatic heterocycles. The molecule has 0 fully saturated rings. The summed E-state index contributed by atoms with van der Waals surface area (Å²) in [6, 6.07) is 27.7.